The van der Waals surface area contributed by atoms with Crippen LogP contribution in [0.1, 0.15) is 35.4 Å². The maximum absolute atomic E-state index is 12.7. The first-order chi connectivity index (χ1) is 14.0. The van der Waals surface area contributed by atoms with Crippen molar-refractivity contribution in [3.05, 3.63) is 46.8 Å². The van der Waals surface area contributed by atoms with E-state index in [1.165, 1.54) is 24.1 Å². The summed E-state index contributed by atoms with van der Waals surface area (Å²) in [5.41, 5.74) is 5.52. The zero-order valence-electron chi connectivity index (χ0n) is 18.1. The Hall–Kier alpha value is -2.54. The van der Waals surface area contributed by atoms with E-state index < -0.39 is 0 Å². The van der Waals surface area contributed by atoms with E-state index in [2.05, 4.69) is 33.5 Å². The molecule has 7 nitrogen and oxygen atoms in total. The molecule has 0 unspecified atom stereocenters. The van der Waals surface area contributed by atoms with Crippen molar-refractivity contribution in [2.45, 2.75) is 46.3 Å². The number of hydrogen-bond donors (Lipinski definition) is 1. The van der Waals surface area contributed by atoms with Gasteiger partial charge < -0.3 is 19.9 Å². The summed E-state index contributed by atoms with van der Waals surface area (Å²) in [4.78, 5) is 16.9. The number of rotatable bonds is 8. The fourth-order valence-electron chi connectivity index (χ4n) is 3.92. The van der Waals surface area contributed by atoms with Crippen LogP contribution in [0.15, 0.2) is 24.3 Å². The summed E-state index contributed by atoms with van der Waals surface area (Å²) >= 11 is 0. The van der Waals surface area contributed by atoms with Crippen molar-refractivity contribution in [2.24, 2.45) is 0 Å². The Kier molecular flexibility index (Phi) is 7.14. The summed E-state index contributed by atoms with van der Waals surface area (Å²) in [7, 11) is 3.53. The van der Waals surface area contributed by atoms with Crippen LogP contribution < -0.4 is 10.2 Å². The van der Waals surface area contributed by atoms with Crippen molar-refractivity contribution in [1.29, 1.82) is 0 Å². The smallest absolute Gasteiger partial charge is 0.317 e. The molecule has 29 heavy (non-hydrogen) atoms. The number of nitrogens with zero attached hydrogens (tertiary/aromatic N) is 4. The van der Waals surface area contributed by atoms with E-state index in [0.717, 1.165) is 30.0 Å². The van der Waals surface area contributed by atoms with E-state index in [-0.39, 0.29) is 6.03 Å². The Morgan fingerprint density at radius 1 is 1.24 bits per heavy atom. The molecule has 0 aliphatic carbocycles. The van der Waals surface area contributed by atoms with Crippen molar-refractivity contribution < 1.29 is 9.53 Å². The van der Waals surface area contributed by atoms with Gasteiger partial charge in [-0.3, -0.25) is 4.68 Å². The Morgan fingerprint density at radius 3 is 2.69 bits per heavy atom. The first kappa shape index (κ1) is 21.2. The maximum Gasteiger partial charge on any atom is 0.317 e. The lowest BCUT2D eigenvalue weighted by Gasteiger charge is -2.24. The fourth-order valence-corrected chi connectivity index (χ4v) is 3.92. The number of anilines is 1. The molecule has 158 valence electrons. The molecule has 0 atom stereocenters. The number of carbonyl (C=O) groups excluding carboxylic acids is 1. The van der Waals surface area contributed by atoms with Crippen LogP contribution in [-0.2, 0) is 24.4 Å². The van der Waals surface area contributed by atoms with Crippen molar-refractivity contribution in [2.75, 3.05) is 38.8 Å². The third-order valence-electron chi connectivity index (χ3n) is 5.65. The molecular formula is C22H33N5O2. The van der Waals surface area contributed by atoms with Gasteiger partial charge in [0, 0.05) is 57.3 Å². The molecule has 7 heteroatoms. The average molecular weight is 400 g/mol. The van der Waals surface area contributed by atoms with E-state index in [1.807, 2.05) is 31.6 Å². The molecule has 2 amide bonds. The lowest BCUT2D eigenvalue weighted by Crippen LogP contribution is -2.37. The SMILES string of the molecule is COCCn1nc(C)c(CNC(=O)N(C)Cc2ccccc2N2CCCC2)c1C. The Morgan fingerprint density at radius 2 is 1.97 bits per heavy atom. The fraction of sp³-hybridized carbons (Fsp3) is 0.545. The third-order valence-corrected chi connectivity index (χ3v) is 5.65. The van der Waals surface area contributed by atoms with Crippen molar-refractivity contribution in [1.82, 2.24) is 20.0 Å². The molecule has 0 bridgehead atoms. The number of carbonyl (C=O) groups is 1. The Bertz CT molecular complexity index is 827. The average Bonchev–Trinajstić information content (AvgIpc) is 3.34. The van der Waals surface area contributed by atoms with Gasteiger partial charge in [-0.25, -0.2) is 4.79 Å². The van der Waals surface area contributed by atoms with Gasteiger partial charge in [-0.2, -0.15) is 5.10 Å². The first-order valence-corrected chi connectivity index (χ1v) is 10.3. The zero-order valence-corrected chi connectivity index (χ0v) is 18.1. The lowest BCUT2D eigenvalue weighted by atomic mass is 10.1. The largest absolute Gasteiger partial charge is 0.383 e. The zero-order chi connectivity index (χ0) is 20.8. The Balaban J connectivity index is 1.60. The van der Waals surface area contributed by atoms with Crippen LogP contribution in [0.4, 0.5) is 10.5 Å². The van der Waals surface area contributed by atoms with E-state index in [9.17, 15) is 4.79 Å². The highest BCUT2D eigenvalue weighted by Gasteiger charge is 2.18. The molecule has 1 fully saturated rings. The molecule has 2 aromatic rings. The van der Waals surface area contributed by atoms with Crippen LogP contribution in [-0.4, -0.2) is 54.6 Å². The second-order valence-corrected chi connectivity index (χ2v) is 7.70. The highest BCUT2D eigenvalue weighted by atomic mass is 16.5. The van der Waals surface area contributed by atoms with Crippen molar-refractivity contribution in [3.8, 4) is 0 Å². The normalized spacial score (nSPS) is 13.7. The highest BCUT2D eigenvalue weighted by molar-refractivity contribution is 5.74. The summed E-state index contributed by atoms with van der Waals surface area (Å²) < 4.78 is 7.08. The number of amides is 2. The molecule has 0 radical (unpaired) electrons. The van der Waals surface area contributed by atoms with Crippen LogP contribution in [0.25, 0.3) is 0 Å². The summed E-state index contributed by atoms with van der Waals surface area (Å²) in [5, 5.41) is 7.61. The lowest BCUT2D eigenvalue weighted by molar-refractivity contribution is 0.182. The predicted octanol–water partition coefficient (Wildman–Crippen LogP) is 3.09. The number of methoxy groups -OCH3 is 1. The van der Waals surface area contributed by atoms with E-state index in [0.29, 0.717) is 26.2 Å². The molecule has 1 aromatic heterocycles. The minimum Gasteiger partial charge on any atom is -0.383 e. The van der Waals surface area contributed by atoms with Gasteiger partial charge in [0.05, 0.1) is 18.8 Å². The molecule has 1 aromatic carbocycles. The van der Waals surface area contributed by atoms with Gasteiger partial charge in [-0.1, -0.05) is 18.2 Å². The molecule has 1 N–H and O–H groups in total. The quantitative estimate of drug-likeness (QED) is 0.741. The third kappa shape index (κ3) is 5.09. The van der Waals surface area contributed by atoms with Gasteiger partial charge in [0.15, 0.2) is 0 Å². The van der Waals surface area contributed by atoms with Crippen LogP contribution >= 0.6 is 0 Å². The number of aryl methyl sites for hydroxylation is 1. The van der Waals surface area contributed by atoms with Crippen LogP contribution in [0.5, 0.6) is 0 Å². The van der Waals surface area contributed by atoms with E-state index in [4.69, 9.17) is 4.74 Å². The van der Waals surface area contributed by atoms with Crippen LogP contribution in [0, 0.1) is 13.8 Å². The van der Waals surface area contributed by atoms with Crippen LogP contribution in [0.2, 0.25) is 0 Å². The molecule has 3 rings (SSSR count). The topological polar surface area (TPSA) is 62.6 Å². The minimum absolute atomic E-state index is 0.0790. The monoisotopic (exact) mass is 399 g/mol. The number of benzene rings is 1. The second kappa shape index (κ2) is 9.78. The molecular weight excluding hydrogens is 366 g/mol. The number of urea groups is 1. The number of aromatic nitrogens is 2. The van der Waals surface area contributed by atoms with Crippen molar-refractivity contribution in [3.63, 3.8) is 0 Å². The van der Waals surface area contributed by atoms with Gasteiger partial charge in [-0.15, -0.1) is 0 Å². The highest BCUT2D eigenvalue weighted by Crippen LogP contribution is 2.25. The number of hydrogen-bond acceptors (Lipinski definition) is 4. The number of ether oxygens (including phenoxy) is 1. The summed E-state index contributed by atoms with van der Waals surface area (Å²) in [6, 6.07) is 8.31. The van der Waals surface area contributed by atoms with Gasteiger partial charge in [0.1, 0.15) is 0 Å². The van der Waals surface area contributed by atoms with Crippen molar-refractivity contribution >= 4 is 11.7 Å². The molecule has 0 spiro atoms. The van der Waals surface area contributed by atoms with Gasteiger partial charge in [0.2, 0.25) is 0 Å². The summed E-state index contributed by atoms with van der Waals surface area (Å²) in [5.74, 6) is 0. The number of nitrogens with one attached hydrogen (secondary N) is 1. The molecule has 1 aliphatic heterocycles. The van der Waals surface area contributed by atoms with E-state index >= 15 is 0 Å². The van der Waals surface area contributed by atoms with Gasteiger partial charge >= 0.3 is 6.03 Å². The second-order valence-electron chi connectivity index (χ2n) is 7.70. The molecule has 0 saturated carbocycles. The summed E-state index contributed by atoms with van der Waals surface area (Å²) in [6.07, 6.45) is 2.48. The predicted molar refractivity (Wildman–Crippen MR) is 115 cm³/mol. The maximum atomic E-state index is 12.7. The molecule has 2 heterocycles. The van der Waals surface area contributed by atoms with Crippen LogP contribution in [0.3, 0.4) is 0 Å². The number of para-hydroxylation sites is 1. The Labute approximate surface area is 173 Å². The molecule has 1 saturated heterocycles. The standard InChI is InChI=1S/C22H33N5O2/c1-17-20(18(2)27(24-17)13-14-29-4)15-23-22(28)25(3)16-19-9-5-6-10-21(19)26-11-7-8-12-26/h5-6,9-10H,7-8,11-16H2,1-4H3,(H,23,28). The van der Waals surface area contributed by atoms with Gasteiger partial charge in [-0.05, 0) is 38.3 Å². The first-order valence-electron chi connectivity index (χ1n) is 10.3. The summed E-state index contributed by atoms with van der Waals surface area (Å²) in [6.45, 7) is 8.60. The van der Waals surface area contributed by atoms with Gasteiger partial charge in [0.25, 0.3) is 0 Å². The van der Waals surface area contributed by atoms with E-state index in [1.54, 1.807) is 12.0 Å². The molecule has 1 aliphatic rings. The minimum atomic E-state index is -0.0790.